The van der Waals surface area contributed by atoms with Crippen LogP contribution in [0.1, 0.15) is 34.1 Å². The van der Waals surface area contributed by atoms with Crippen molar-refractivity contribution in [1.82, 2.24) is 5.32 Å². The summed E-state index contributed by atoms with van der Waals surface area (Å²) in [5, 5.41) is 11.6. The maximum atomic E-state index is 12.4. The number of aliphatic hydroxyl groups is 1. The van der Waals surface area contributed by atoms with Gasteiger partial charge in [0.05, 0.1) is 0 Å². The quantitative estimate of drug-likeness (QED) is 0.694. The van der Waals surface area contributed by atoms with Gasteiger partial charge in [0, 0.05) is 13.2 Å². The van der Waals surface area contributed by atoms with Gasteiger partial charge in [0.2, 0.25) is 0 Å². The maximum absolute atomic E-state index is 12.4. The van der Waals surface area contributed by atoms with E-state index in [4.69, 9.17) is 28.8 Å². The van der Waals surface area contributed by atoms with E-state index in [1.807, 2.05) is 0 Å². The summed E-state index contributed by atoms with van der Waals surface area (Å²) in [6.45, 7) is 7.56. The van der Waals surface area contributed by atoms with Crippen molar-refractivity contribution in [1.29, 1.82) is 0 Å². The van der Waals surface area contributed by atoms with Crippen LogP contribution in [0.15, 0.2) is 0 Å². The smallest absolute Gasteiger partial charge is 0.252 e. The number of carbonyl (C=O) groups excluding carboxylic acids is 1. The Kier molecular flexibility index (Phi) is 4.41. The molecule has 3 saturated heterocycles. The van der Waals surface area contributed by atoms with Crippen molar-refractivity contribution in [2.75, 3.05) is 13.2 Å². The second-order valence-corrected chi connectivity index (χ2v) is 6.96. The molecule has 5 atom stereocenters. The lowest BCUT2D eigenvalue weighted by atomic mass is 9.98. The minimum Gasteiger partial charge on any atom is -0.396 e. The summed E-state index contributed by atoms with van der Waals surface area (Å²) in [5.41, 5.74) is 0. The van der Waals surface area contributed by atoms with E-state index in [1.54, 1.807) is 27.7 Å². The average molecular weight is 331 g/mol. The number of hydrogen-bond acceptors (Lipinski definition) is 7. The predicted octanol–water partition coefficient (Wildman–Crippen LogP) is -0.118. The molecular formula is C15H25NO7. The Hall–Kier alpha value is -0.770. The SMILES string of the molecule is CC1(C)O[C@@H]2O[C@@H](C(=O)NCCCO)[C@H]3OC(C)(C)O[C@H]3[C@H]2O1. The van der Waals surface area contributed by atoms with Crippen LogP contribution >= 0.6 is 0 Å². The van der Waals surface area contributed by atoms with Crippen molar-refractivity contribution in [3.05, 3.63) is 0 Å². The van der Waals surface area contributed by atoms with Crippen LogP contribution in [0.5, 0.6) is 0 Å². The van der Waals surface area contributed by atoms with Gasteiger partial charge in [-0.25, -0.2) is 0 Å². The van der Waals surface area contributed by atoms with Gasteiger partial charge < -0.3 is 34.1 Å². The predicted molar refractivity (Wildman–Crippen MR) is 77.2 cm³/mol. The van der Waals surface area contributed by atoms with Crippen LogP contribution in [0, 0.1) is 0 Å². The highest BCUT2D eigenvalue weighted by Crippen LogP contribution is 2.44. The monoisotopic (exact) mass is 331 g/mol. The number of aliphatic hydroxyl groups excluding tert-OH is 1. The molecule has 1 amide bonds. The van der Waals surface area contributed by atoms with Gasteiger partial charge in [-0.2, -0.15) is 0 Å². The van der Waals surface area contributed by atoms with Crippen molar-refractivity contribution in [3.8, 4) is 0 Å². The Bertz CT molecular complexity index is 467. The molecule has 0 aromatic heterocycles. The molecule has 3 aliphatic rings. The van der Waals surface area contributed by atoms with Gasteiger partial charge in [0.15, 0.2) is 24.0 Å². The van der Waals surface area contributed by atoms with E-state index < -0.39 is 42.3 Å². The van der Waals surface area contributed by atoms with Crippen LogP contribution in [-0.4, -0.2) is 66.4 Å². The first-order valence-corrected chi connectivity index (χ1v) is 7.98. The second-order valence-electron chi connectivity index (χ2n) is 6.96. The molecule has 0 aromatic rings. The molecular weight excluding hydrogens is 306 g/mol. The Morgan fingerprint density at radius 2 is 1.61 bits per heavy atom. The topological polar surface area (TPSA) is 95.5 Å². The summed E-state index contributed by atoms with van der Waals surface area (Å²) >= 11 is 0. The average Bonchev–Trinajstić information content (AvgIpc) is 2.92. The van der Waals surface area contributed by atoms with E-state index in [9.17, 15) is 4.79 Å². The van der Waals surface area contributed by atoms with Gasteiger partial charge >= 0.3 is 0 Å². The first-order valence-electron chi connectivity index (χ1n) is 7.98. The van der Waals surface area contributed by atoms with Crippen LogP contribution in [-0.2, 0) is 28.5 Å². The summed E-state index contributed by atoms with van der Waals surface area (Å²) in [4.78, 5) is 12.4. The standard InChI is InChI=1S/C15H25NO7/c1-14(2)20-8-9(21-14)11-13(23-15(3,4)22-11)19-10(8)12(18)16-6-5-7-17/h8-11,13,17H,5-7H2,1-4H3,(H,16,18)/t8-,9+,10+,11+,13-/m0/s1. The van der Waals surface area contributed by atoms with Gasteiger partial charge in [-0.15, -0.1) is 0 Å². The molecule has 0 radical (unpaired) electrons. The zero-order chi connectivity index (χ0) is 16.8. The van der Waals surface area contributed by atoms with Crippen LogP contribution in [0.3, 0.4) is 0 Å². The van der Waals surface area contributed by atoms with E-state index in [0.717, 1.165) is 0 Å². The third-order valence-corrected chi connectivity index (χ3v) is 4.05. The third kappa shape index (κ3) is 3.38. The van der Waals surface area contributed by atoms with Crippen LogP contribution in [0.4, 0.5) is 0 Å². The zero-order valence-corrected chi connectivity index (χ0v) is 13.9. The summed E-state index contributed by atoms with van der Waals surface area (Å²) in [5.74, 6) is -1.94. The second kappa shape index (κ2) is 5.94. The molecule has 0 aliphatic carbocycles. The van der Waals surface area contributed by atoms with E-state index in [2.05, 4.69) is 5.32 Å². The molecule has 0 saturated carbocycles. The summed E-state index contributed by atoms with van der Waals surface area (Å²) in [7, 11) is 0. The Morgan fingerprint density at radius 1 is 1.00 bits per heavy atom. The van der Waals surface area contributed by atoms with Gasteiger partial charge in [-0.1, -0.05) is 0 Å². The Labute approximate surface area is 135 Å². The number of ether oxygens (including phenoxy) is 5. The highest BCUT2D eigenvalue weighted by Gasteiger charge is 2.62. The Balaban J connectivity index is 1.77. The molecule has 0 aromatic carbocycles. The van der Waals surface area contributed by atoms with E-state index in [-0.39, 0.29) is 12.5 Å². The van der Waals surface area contributed by atoms with Crippen LogP contribution in [0.25, 0.3) is 0 Å². The van der Waals surface area contributed by atoms with Gasteiger partial charge in [-0.05, 0) is 34.1 Å². The van der Waals surface area contributed by atoms with Crippen molar-refractivity contribution < 1.29 is 33.6 Å². The number of fused-ring (bicyclic) bond motifs is 3. The van der Waals surface area contributed by atoms with Gasteiger partial charge in [0.25, 0.3) is 5.91 Å². The third-order valence-electron chi connectivity index (χ3n) is 4.05. The number of nitrogens with one attached hydrogen (secondary N) is 1. The normalized spacial score (nSPS) is 40.5. The van der Waals surface area contributed by atoms with Crippen molar-refractivity contribution in [2.45, 2.75) is 76.4 Å². The molecule has 23 heavy (non-hydrogen) atoms. The number of hydrogen-bond donors (Lipinski definition) is 2. The van der Waals surface area contributed by atoms with Crippen LogP contribution < -0.4 is 5.32 Å². The lowest BCUT2D eigenvalue weighted by Crippen LogP contribution is -2.59. The summed E-state index contributed by atoms with van der Waals surface area (Å²) in [6, 6.07) is 0. The minimum absolute atomic E-state index is 0.0142. The first kappa shape index (κ1) is 17.1. The lowest BCUT2D eigenvalue weighted by molar-refractivity contribution is -0.231. The maximum Gasteiger partial charge on any atom is 0.252 e. The Morgan fingerprint density at radius 3 is 2.30 bits per heavy atom. The first-order chi connectivity index (χ1) is 10.7. The molecule has 2 N–H and O–H groups in total. The fraction of sp³-hybridized carbons (Fsp3) is 0.933. The van der Waals surface area contributed by atoms with E-state index in [1.165, 1.54) is 0 Å². The van der Waals surface area contributed by atoms with Gasteiger partial charge in [-0.3, -0.25) is 4.79 Å². The van der Waals surface area contributed by atoms with Crippen molar-refractivity contribution in [3.63, 3.8) is 0 Å². The highest BCUT2D eigenvalue weighted by molar-refractivity contribution is 5.81. The molecule has 0 spiro atoms. The van der Waals surface area contributed by atoms with Crippen molar-refractivity contribution in [2.24, 2.45) is 0 Å². The van der Waals surface area contributed by atoms with E-state index in [0.29, 0.717) is 13.0 Å². The molecule has 0 bridgehead atoms. The molecule has 8 heteroatoms. The van der Waals surface area contributed by atoms with Crippen LogP contribution in [0.2, 0.25) is 0 Å². The summed E-state index contributed by atoms with van der Waals surface area (Å²) in [6.07, 6.45) is -2.51. The summed E-state index contributed by atoms with van der Waals surface area (Å²) < 4.78 is 29.2. The number of rotatable bonds is 4. The molecule has 0 unspecified atom stereocenters. The molecule has 3 heterocycles. The lowest BCUT2D eigenvalue weighted by Gasteiger charge is -2.36. The molecule has 8 nitrogen and oxygen atoms in total. The fourth-order valence-corrected chi connectivity index (χ4v) is 3.21. The van der Waals surface area contributed by atoms with E-state index >= 15 is 0 Å². The molecule has 3 aliphatic heterocycles. The number of amides is 1. The zero-order valence-electron chi connectivity index (χ0n) is 13.9. The number of carbonyl (C=O) groups is 1. The minimum atomic E-state index is -0.848. The van der Waals surface area contributed by atoms with Gasteiger partial charge in [0.1, 0.15) is 18.3 Å². The highest BCUT2D eigenvalue weighted by atomic mass is 16.9. The largest absolute Gasteiger partial charge is 0.396 e. The molecule has 132 valence electrons. The molecule has 3 rings (SSSR count). The molecule has 3 fully saturated rings. The fourth-order valence-electron chi connectivity index (χ4n) is 3.21. The van der Waals surface area contributed by atoms with Crippen molar-refractivity contribution >= 4 is 5.91 Å².